The molecule has 1 aromatic rings. The van der Waals surface area contributed by atoms with Crippen molar-refractivity contribution in [1.29, 1.82) is 0 Å². The number of unbranched alkanes of at least 4 members (excludes halogenated alkanes) is 5. The quantitative estimate of drug-likeness (QED) is 0.292. The van der Waals surface area contributed by atoms with Crippen molar-refractivity contribution in [3.8, 4) is 0 Å². The van der Waals surface area contributed by atoms with Gasteiger partial charge in [0.1, 0.15) is 0 Å². The molecular weight excluding hydrogens is 438 g/mol. The minimum Gasteiger partial charge on any atom is -0.265 e. The SMILES string of the molecule is O=S(=O)(OF)C(F)(F)C(F)(F)CCCCCCCCC(F)(F)F.c1ccncc1. The highest BCUT2D eigenvalue weighted by molar-refractivity contribution is 7.87. The summed E-state index contributed by atoms with van der Waals surface area (Å²) in [6.07, 6.45) is -3.14. The van der Waals surface area contributed by atoms with E-state index in [9.17, 15) is 43.7 Å². The van der Waals surface area contributed by atoms with E-state index in [4.69, 9.17) is 0 Å². The molecule has 0 N–H and O–H groups in total. The minimum atomic E-state index is -6.38. The van der Waals surface area contributed by atoms with E-state index in [1.54, 1.807) is 12.4 Å². The van der Waals surface area contributed by atoms with Gasteiger partial charge in [0, 0.05) is 25.2 Å². The standard InChI is InChI=1S/C11H16F8O3S.C5H5N/c12-9(13,11(17,18)23(20,21)22-19)7-5-3-1-2-4-6-8-10(14,15)16;1-2-4-6-5-3-1/h1-8H2;1-5H. The van der Waals surface area contributed by atoms with Crippen molar-refractivity contribution in [1.82, 2.24) is 4.98 Å². The molecule has 0 aliphatic carbocycles. The second-order valence-corrected chi connectivity index (χ2v) is 7.55. The van der Waals surface area contributed by atoms with Gasteiger partial charge in [0.25, 0.3) is 0 Å². The maximum absolute atomic E-state index is 13.1. The lowest BCUT2D eigenvalue weighted by Gasteiger charge is -2.23. The summed E-state index contributed by atoms with van der Waals surface area (Å²) in [4.78, 5) is 3.78. The summed E-state index contributed by atoms with van der Waals surface area (Å²) in [5, 5.41) is -5.71. The zero-order valence-corrected chi connectivity index (χ0v) is 16.0. The first-order chi connectivity index (χ1) is 13.3. The highest BCUT2D eigenvalue weighted by Crippen LogP contribution is 2.43. The topological polar surface area (TPSA) is 56.3 Å². The van der Waals surface area contributed by atoms with Gasteiger partial charge >= 0.3 is 27.5 Å². The van der Waals surface area contributed by atoms with Crippen LogP contribution in [0.2, 0.25) is 0 Å². The van der Waals surface area contributed by atoms with Crippen molar-refractivity contribution in [2.45, 2.75) is 68.7 Å². The second-order valence-electron chi connectivity index (χ2n) is 6.00. The lowest BCUT2D eigenvalue weighted by molar-refractivity contribution is -0.173. The van der Waals surface area contributed by atoms with Gasteiger partial charge in [0.05, 0.1) is 0 Å². The van der Waals surface area contributed by atoms with Gasteiger partial charge in [-0.15, -0.1) is 0 Å². The highest BCUT2D eigenvalue weighted by Gasteiger charge is 2.66. The fraction of sp³-hybridized carbons (Fsp3) is 0.688. The van der Waals surface area contributed by atoms with E-state index in [2.05, 4.69) is 4.98 Å². The Labute approximate surface area is 163 Å². The first kappa shape index (κ1) is 27.5. The third-order valence-electron chi connectivity index (χ3n) is 3.59. The summed E-state index contributed by atoms with van der Waals surface area (Å²) < 4.78 is 122. The molecule has 1 aromatic heterocycles. The van der Waals surface area contributed by atoms with Crippen molar-refractivity contribution in [3.63, 3.8) is 0 Å². The van der Waals surface area contributed by atoms with Crippen molar-refractivity contribution in [2.24, 2.45) is 0 Å². The normalized spacial score (nSPS) is 13.0. The number of aromatic nitrogens is 1. The minimum absolute atomic E-state index is 0.00574. The third kappa shape index (κ3) is 10.7. The van der Waals surface area contributed by atoms with Crippen LogP contribution in [0.25, 0.3) is 0 Å². The van der Waals surface area contributed by atoms with E-state index in [0.717, 1.165) is 0 Å². The Morgan fingerprint density at radius 3 is 1.52 bits per heavy atom. The Balaban J connectivity index is 0.00000110. The van der Waals surface area contributed by atoms with Crippen LogP contribution in [-0.2, 0) is 14.5 Å². The fourth-order valence-electron chi connectivity index (χ4n) is 2.06. The smallest absolute Gasteiger partial charge is 0.265 e. The summed E-state index contributed by atoms with van der Waals surface area (Å²) in [5.74, 6) is -5.02. The van der Waals surface area contributed by atoms with E-state index in [-0.39, 0.29) is 25.7 Å². The third-order valence-corrected chi connectivity index (χ3v) is 4.68. The van der Waals surface area contributed by atoms with Crippen LogP contribution in [0.3, 0.4) is 0 Å². The molecule has 0 saturated carbocycles. The molecule has 0 aromatic carbocycles. The molecule has 170 valence electrons. The van der Waals surface area contributed by atoms with Crippen LogP contribution in [0.5, 0.6) is 0 Å². The Bertz CT molecular complexity index is 627. The summed E-state index contributed by atoms with van der Waals surface area (Å²) in [6.45, 7) is 0. The molecule has 13 heteroatoms. The first-order valence-corrected chi connectivity index (χ1v) is 9.90. The first-order valence-electron chi connectivity index (χ1n) is 8.49. The van der Waals surface area contributed by atoms with E-state index >= 15 is 0 Å². The zero-order chi connectivity index (χ0) is 22.6. The van der Waals surface area contributed by atoms with Gasteiger partial charge in [-0.2, -0.15) is 39.2 Å². The van der Waals surface area contributed by atoms with Gasteiger partial charge in [0.2, 0.25) is 0 Å². The predicted octanol–water partition coefficient (Wildman–Crippen LogP) is 6.21. The molecular formula is C16H21F8NO3S. The van der Waals surface area contributed by atoms with Crippen molar-refractivity contribution in [3.05, 3.63) is 30.6 Å². The molecule has 0 aliphatic heterocycles. The number of hydrogen-bond donors (Lipinski definition) is 0. The van der Waals surface area contributed by atoms with Crippen molar-refractivity contribution < 1.29 is 48.1 Å². The van der Waals surface area contributed by atoms with Gasteiger partial charge in [-0.05, 0) is 29.5 Å². The number of alkyl halides is 7. The molecule has 0 bridgehead atoms. The Morgan fingerprint density at radius 1 is 0.724 bits per heavy atom. The van der Waals surface area contributed by atoms with Crippen LogP contribution in [0.15, 0.2) is 30.6 Å². The van der Waals surface area contributed by atoms with Gasteiger partial charge in [0.15, 0.2) is 0 Å². The molecule has 4 nitrogen and oxygen atoms in total. The van der Waals surface area contributed by atoms with E-state index in [1.807, 2.05) is 22.6 Å². The number of halogens is 8. The van der Waals surface area contributed by atoms with Crippen LogP contribution in [0.1, 0.15) is 51.4 Å². The zero-order valence-electron chi connectivity index (χ0n) is 15.1. The van der Waals surface area contributed by atoms with Crippen LogP contribution in [0, 0.1) is 0 Å². The van der Waals surface area contributed by atoms with Crippen molar-refractivity contribution in [2.75, 3.05) is 0 Å². The van der Waals surface area contributed by atoms with Crippen LogP contribution in [-0.4, -0.2) is 30.8 Å². The lowest BCUT2D eigenvalue weighted by Crippen LogP contribution is -2.47. The van der Waals surface area contributed by atoms with Crippen LogP contribution in [0.4, 0.5) is 35.3 Å². The van der Waals surface area contributed by atoms with E-state index in [1.165, 1.54) is 0 Å². The molecule has 0 amide bonds. The maximum atomic E-state index is 13.1. The van der Waals surface area contributed by atoms with E-state index < -0.39 is 46.7 Å². The summed E-state index contributed by atoms with van der Waals surface area (Å²) >= 11 is 0. The van der Waals surface area contributed by atoms with Gasteiger partial charge < -0.3 is 0 Å². The fourth-order valence-corrected chi connectivity index (χ4v) is 2.61. The number of hydrogen-bond acceptors (Lipinski definition) is 4. The Hall–Kier alpha value is -1.50. The number of rotatable bonds is 11. The number of nitrogens with zero attached hydrogens (tertiary/aromatic N) is 1. The Kier molecular flexibility index (Phi) is 11.6. The second kappa shape index (κ2) is 12.3. The molecule has 0 atom stereocenters. The molecule has 0 radical (unpaired) electrons. The van der Waals surface area contributed by atoms with Gasteiger partial charge in [-0.25, -0.2) is 0 Å². The van der Waals surface area contributed by atoms with Gasteiger partial charge in [-0.3, -0.25) is 4.98 Å². The molecule has 0 aliphatic rings. The number of pyridine rings is 1. The summed E-state index contributed by atoms with van der Waals surface area (Å²) in [5.41, 5.74) is 0. The molecule has 1 rings (SSSR count). The van der Waals surface area contributed by atoms with Crippen LogP contribution >= 0.6 is 0 Å². The average molecular weight is 459 g/mol. The summed E-state index contributed by atoms with van der Waals surface area (Å²) in [6, 6.07) is 5.72. The van der Waals surface area contributed by atoms with Gasteiger partial charge in [-0.1, -0.05) is 36.1 Å². The largest absolute Gasteiger partial charge is 0.434 e. The lowest BCUT2D eigenvalue weighted by atomic mass is 10.1. The highest BCUT2D eigenvalue weighted by atomic mass is 32.2. The van der Waals surface area contributed by atoms with Crippen LogP contribution < -0.4 is 0 Å². The average Bonchev–Trinajstić information content (AvgIpc) is 2.64. The maximum Gasteiger partial charge on any atom is 0.434 e. The predicted molar refractivity (Wildman–Crippen MR) is 88.2 cm³/mol. The molecule has 0 saturated heterocycles. The van der Waals surface area contributed by atoms with E-state index in [0.29, 0.717) is 6.42 Å². The van der Waals surface area contributed by atoms with Crippen molar-refractivity contribution >= 4 is 10.1 Å². The molecule has 0 unspecified atom stereocenters. The molecule has 29 heavy (non-hydrogen) atoms. The Morgan fingerprint density at radius 2 is 1.17 bits per heavy atom. The molecule has 0 fully saturated rings. The molecule has 0 spiro atoms. The monoisotopic (exact) mass is 459 g/mol. The molecule has 1 heterocycles. The summed E-state index contributed by atoms with van der Waals surface area (Å²) in [7, 11) is -6.38.